The summed E-state index contributed by atoms with van der Waals surface area (Å²) in [6.07, 6.45) is 4.17. The average Bonchev–Trinajstić information content (AvgIpc) is 2.92. The van der Waals surface area contributed by atoms with Crippen LogP contribution in [0.15, 0.2) is 0 Å². The van der Waals surface area contributed by atoms with E-state index in [-0.39, 0.29) is 0 Å². The SMILES string of the molecule is CCN1CCC(NCC2CC2C)CC1. The van der Waals surface area contributed by atoms with Gasteiger partial charge < -0.3 is 10.2 Å². The molecule has 2 fully saturated rings. The van der Waals surface area contributed by atoms with E-state index in [1.54, 1.807) is 0 Å². The maximum atomic E-state index is 3.73. The summed E-state index contributed by atoms with van der Waals surface area (Å²) in [5.74, 6) is 2.00. The van der Waals surface area contributed by atoms with Crippen LogP contribution in [0.3, 0.4) is 0 Å². The number of hydrogen-bond acceptors (Lipinski definition) is 2. The quantitative estimate of drug-likeness (QED) is 0.736. The van der Waals surface area contributed by atoms with Crippen LogP contribution in [0, 0.1) is 11.8 Å². The molecule has 2 atom stereocenters. The van der Waals surface area contributed by atoms with Crippen LogP contribution in [-0.4, -0.2) is 37.1 Å². The highest BCUT2D eigenvalue weighted by Gasteiger charge is 2.32. The molecule has 2 heteroatoms. The second-order valence-corrected chi connectivity index (χ2v) is 5.09. The molecular formula is C12H24N2. The lowest BCUT2D eigenvalue weighted by Gasteiger charge is -2.31. The summed E-state index contributed by atoms with van der Waals surface area (Å²) in [4.78, 5) is 2.55. The third-order valence-electron chi connectivity index (χ3n) is 3.98. The summed E-state index contributed by atoms with van der Waals surface area (Å²) in [6, 6.07) is 0.811. The smallest absolute Gasteiger partial charge is 0.00915 e. The molecule has 0 radical (unpaired) electrons. The van der Waals surface area contributed by atoms with Crippen LogP contribution in [0.4, 0.5) is 0 Å². The Balaban J connectivity index is 1.59. The minimum absolute atomic E-state index is 0.811. The Morgan fingerprint density at radius 3 is 2.43 bits per heavy atom. The summed E-state index contributed by atoms with van der Waals surface area (Å²) < 4.78 is 0. The zero-order valence-electron chi connectivity index (χ0n) is 9.63. The molecule has 2 aliphatic rings. The second kappa shape index (κ2) is 4.63. The third kappa shape index (κ3) is 2.71. The van der Waals surface area contributed by atoms with Crippen molar-refractivity contribution >= 4 is 0 Å². The first-order valence-electron chi connectivity index (χ1n) is 6.25. The molecule has 1 aliphatic heterocycles. The van der Waals surface area contributed by atoms with Crippen molar-refractivity contribution in [3.63, 3.8) is 0 Å². The summed E-state index contributed by atoms with van der Waals surface area (Å²) in [5, 5.41) is 3.73. The van der Waals surface area contributed by atoms with Crippen LogP contribution in [0.2, 0.25) is 0 Å². The van der Waals surface area contributed by atoms with E-state index in [0.717, 1.165) is 17.9 Å². The van der Waals surface area contributed by atoms with Crippen LogP contribution >= 0.6 is 0 Å². The van der Waals surface area contributed by atoms with E-state index in [0.29, 0.717) is 0 Å². The maximum Gasteiger partial charge on any atom is 0.00915 e. The maximum absolute atomic E-state index is 3.73. The van der Waals surface area contributed by atoms with Crippen LogP contribution in [0.25, 0.3) is 0 Å². The van der Waals surface area contributed by atoms with Crippen molar-refractivity contribution < 1.29 is 0 Å². The van der Waals surface area contributed by atoms with E-state index < -0.39 is 0 Å². The first kappa shape index (κ1) is 10.4. The van der Waals surface area contributed by atoms with E-state index in [1.165, 1.54) is 45.4 Å². The van der Waals surface area contributed by atoms with Gasteiger partial charge >= 0.3 is 0 Å². The van der Waals surface area contributed by atoms with Gasteiger partial charge in [0.2, 0.25) is 0 Å². The van der Waals surface area contributed by atoms with Crippen LogP contribution in [0.1, 0.15) is 33.1 Å². The molecule has 0 aromatic carbocycles. The molecule has 0 bridgehead atoms. The summed E-state index contributed by atoms with van der Waals surface area (Å²) in [6.45, 7) is 9.73. The number of hydrogen-bond donors (Lipinski definition) is 1. The highest BCUT2D eigenvalue weighted by Crippen LogP contribution is 2.36. The zero-order valence-corrected chi connectivity index (χ0v) is 9.63. The lowest BCUT2D eigenvalue weighted by molar-refractivity contribution is 0.205. The molecule has 1 saturated carbocycles. The monoisotopic (exact) mass is 196 g/mol. The largest absolute Gasteiger partial charge is 0.314 e. The number of piperidine rings is 1. The Bertz CT molecular complexity index is 173. The van der Waals surface area contributed by atoms with Crippen molar-refractivity contribution in [3.8, 4) is 0 Å². The molecule has 1 saturated heterocycles. The van der Waals surface area contributed by atoms with Gasteiger partial charge in [0, 0.05) is 6.04 Å². The predicted molar refractivity (Wildman–Crippen MR) is 60.4 cm³/mol. The van der Waals surface area contributed by atoms with Crippen LogP contribution < -0.4 is 5.32 Å². The lowest BCUT2D eigenvalue weighted by atomic mass is 10.0. The van der Waals surface area contributed by atoms with Crippen molar-refractivity contribution in [2.24, 2.45) is 11.8 Å². The predicted octanol–water partition coefficient (Wildman–Crippen LogP) is 1.72. The minimum atomic E-state index is 0.811. The molecule has 1 N–H and O–H groups in total. The molecule has 2 rings (SSSR count). The summed E-state index contributed by atoms with van der Waals surface area (Å²) in [5.41, 5.74) is 0. The zero-order chi connectivity index (χ0) is 9.97. The number of likely N-dealkylation sites (tertiary alicyclic amines) is 1. The first-order chi connectivity index (χ1) is 6.79. The van der Waals surface area contributed by atoms with E-state index in [2.05, 4.69) is 24.1 Å². The molecule has 1 aliphatic carbocycles. The van der Waals surface area contributed by atoms with Crippen LogP contribution in [-0.2, 0) is 0 Å². The standard InChI is InChI=1S/C12H24N2/c1-3-14-6-4-12(5-7-14)13-9-11-8-10(11)2/h10-13H,3-9H2,1-2H3. The van der Waals surface area contributed by atoms with Crippen molar-refractivity contribution in [1.82, 2.24) is 10.2 Å². The van der Waals surface area contributed by atoms with Gasteiger partial charge in [0.05, 0.1) is 0 Å². The fourth-order valence-corrected chi connectivity index (χ4v) is 2.45. The molecule has 0 aromatic rings. The molecule has 0 spiro atoms. The van der Waals surface area contributed by atoms with Gasteiger partial charge in [0.1, 0.15) is 0 Å². The van der Waals surface area contributed by atoms with Crippen molar-refractivity contribution in [3.05, 3.63) is 0 Å². The van der Waals surface area contributed by atoms with E-state index in [4.69, 9.17) is 0 Å². The number of nitrogens with one attached hydrogen (secondary N) is 1. The van der Waals surface area contributed by atoms with Gasteiger partial charge in [-0.25, -0.2) is 0 Å². The first-order valence-corrected chi connectivity index (χ1v) is 6.25. The topological polar surface area (TPSA) is 15.3 Å². The van der Waals surface area contributed by atoms with Crippen molar-refractivity contribution in [2.75, 3.05) is 26.2 Å². The third-order valence-corrected chi connectivity index (χ3v) is 3.98. The summed E-state index contributed by atoms with van der Waals surface area (Å²) in [7, 11) is 0. The Labute approximate surface area is 88.1 Å². The van der Waals surface area contributed by atoms with Gasteiger partial charge in [-0.1, -0.05) is 13.8 Å². The van der Waals surface area contributed by atoms with E-state index >= 15 is 0 Å². The highest BCUT2D eigenvalue weighted by atomic mass is 15.1. The van der Waals surface area contributed by atoms with Gasteiger partial charge in [-0.3, -0.25) is 0 Å². The Kier molecular flexibility index (Phi) is 3.45. The van der Waals surface area contributed by atoms with Gasteiger partial charge in [-0.2, -0.15) is 0 Å². The Hall–Kier alpha value is -0.0800. The Morgan fingerprint density at radius 1 is 1.29 bits per heavy atom. The van der Waals surface area contributed by atoms with Crippen molar-refractivity contribution in [1.29, 1.82) is 0 Å². The molecule has 1 heterocycles. The normalized spacial score (nSPS) is 34.7. The minimum Gasteiger partial charge on any atom is -0.314 e. The van der Waals surface area contributed by atoms with Gasteiger partial charge in [0.15, 0.2) is 0 Å². The van der Waals surface area contributed by atoms with Gasteiger partial charge in [-0.15, -0.1) is 0 Å². The van der Waals surface area contributed by atoms with Gasteiger partial charge in [-0.05, 0) is 57.3 Å². The highest BCUT2D eigenvalue weighted by molar-refractivity contribution is 4.86. The molecule has 0 amide bonds. The molecule has 0 aromatic heterocycles. The fraction of sp³-hybridized carbons (Fsp3) is 1.00. The second-order valence-electron chi connectivity index (χ2n) is 5.09. The number of rotatable bonds is 4. The summed E-state index contributed by atoms with van der Waals surface area (Å²) >= 11 is 0. The molecule has 82 valence electrons. The lowest BCUT2D eigenvalue weighted by Crippen LogP contribution is -2.42. The van der Waals surface area contributed by atoms with E-state index in [1.807, 2.05) is 0 Å². The van der Waals surface area contributed by atoms with E-state index in [9.17, 15) is 0 Å². The average molecular weight is 196 g/mol. The fourth-order valence-electron chi connectivity index (χ4n) is 2.45. The molecular weight excluding hydrogens is 172 g/mol. The Morgan fingerprint density at radius 2 is 1.93 bits per heavy atom. The van der Waals surface area contributed by atoms with Crippen LogP contribution in [0.5, 0.6) is 0 Å². The van der Waals surface area contributed by atoms with Gasteiger partial charge in [0.25, 0.3) is 0 Å². The van der Waals surface area contributed by atoms with Crippen molar-refractivity contribution in [2.45, 2.75) is 39.2 Å². The number of nitrogens with zero attached hydrogens (tertiary/aromatic N) is 1. The molecule has 2 unspecified atom stereocenters. The molecule has 2 nitrogen and oxygen atoms in total. The molecule has 14 heavy (non-hydrogen) atoms.